The summed E-state index contributed by atoms with van der Waals surface area (Å²) in [5.41, 5.74) is 15.6. The number of rotatable bonds is 5. The summed E-state index contributed by atoms with van der Waals surface area (Å²) in [4.78, 5) is 0. The molecule has 0 saturated carbocycles. The number of aromatic nitrogens is 2. The van der Waals surface area contributed by atoms with Crippen LogP contribution in [0.2, 0.25) is 0 Å². The van der Waals surface area contributed by atoms with Crippen molar-refractivity contribution in [1.82, 2.24) is 9.13 Å². The molecule has 0 saturated heterocycles. The second-order valence-electron chi connectivity index (χ2n) is 16.8. The summed E-state index contributed by atoms with van der Waals surface area (Å²) in [5, 5.41) is 13.7. The van der Waals surface area contributed by atoms with Gasteiger partial charge in [0.15, 0.2) is 0 Å². The summed E-state index contributed by atoms with van der Waals surface area (Å²) in [6, 6.07) is 49.2. The van der Waals surface area contributed by atoms with Gasteiger partial charge in [-0.3, -0.25) is 0 Å². The topological polar surface area (TPSA) is 33.6 Å². The monoisotopic (exact) mass is 813 g/mol. The van der Waals surface area contributed by atoms with Crippen LogP contribution in [-0.2, 0) is 6.18 Å². The highest BCUT2D eigenvalue weighted by molar-refractivity contribution is 6.13. The summed E-state index contributed by atoms with van der Waals surface area (Å²) in [5.74, 6) is 0. The van der Waals surface area contributed by atoms with Gasteiger partial charge in [0.25, 0.3) is 0 Å². The first-order valence-electron chi connectivity index (χ1n) is 20.8. The number of hydrogen-bond donors (Lipinski definition) is 0. The largest absolute Gasteiger partial charge is 0.417 e. The molecule has 3 nitrogen and oxygen atoms in total. The van der Waals surface area contributed by atoms with Gasteiger partial charge in [-0.15, -0.1) is 0 Å². The van der Waals surface area contributed by atoms with Gasteiger partial charge in [-0.05, 0) is 158 Å². The fourth-order valence-electron chi connectivity index (χ4n) is 10.2. The lowest BCUT2D eigenvalue weighted by Gasteiger charge is -2.22. The van der Waals surface area contributed by atoms with Crippen molar-refractivity contribution in [2.24, 2.45) is 0 Å². The van der Waals surface area contributed by atoms with E-state index in [1.54, 1.807) is 24.3 Å². The number of nitrogens with zero attached hydrogens (tertiary/aromatic N) is 3. The van der Waals surface area contributed by atoms with E-state index in [4.69, 9.17) is 0 Å². The lowest BCUT2D eigenvalue weighted by atomic mass is 9.93. The highest BCUT2D eigenvalue weighted by Crippen LogP contribution is 2.46. The van der Waals surface area contributed by atoms with Crippen molar-refractivity contribution in [3.8, 4) is 50.8 Å². The lowest BCUT2D eigenvalue weighted by Crippen LogP contribution is -2.12. The number of halogens is 3. The Morgan fingerprint density at radius 1 is 0.435 bits per heavy atom. The standard InChI is InChI=1S/C56H42F3N3/c1-32-22-34(3)54(35(4)23-32)40-18-20-50-45(27-40)42-14-7-9-16-48(42)61(50)52-29-44(39-13-11-12-38(26-39)31-60)47(56(57,58)59)30-53(52)62-49-17-10-8-15-43(49)46-28-41(19-21-51(46)62)55-36(5)24-33(2)25-37(55)6/h7-30H,1-6H3. The van der Waals surface area contributed by atoms with Crippen LogP contribution in [0.15, 0.2) is 146 Å². The zero-order valence-corrected chi connectivity index (χ0v) is 35.3. The predicted molar refractivity (Wildman–Crippen MR) is 250 cm³/mol. The highest BCUT2D eigenvalue weighted by Gasteiger charge is 2.36. The van der Waals surface area contributed by atoms with Crippen LogP contribution in [0.25, 0.3) is 88.4 Å². The van der Waals surface area contributed by atoms with Gasteiger partial charge < -0.3 is 9.13 Å². The molecule has 10 aromatic rings. The van der Waals surface area contributed by atoms with Crippen molar-refractivity contribution < 1.29 is 13.2 Å². The van der Waals surface area contributed by atoms with Gasteiger partial charge in [0.05, 0.1) is 50.6 Å². The molecule has 2 aromatic heterocycles. The summed E-state index contributed by atoms with van der Waals surface area (Å²) in [7, 11) is 0. The van der Waals surface area contributed by atoms with E-state index in [2.05, 4.69) is 125 Å². The van der Waals surface area contributed by atoms with Crippen LogP contribution in [-0.4, -0.2) is 9.13 Å². The molecule has 0 atom stereocenters. The van der Waals surface area contributed by atoms with E-state index in [0.29, 0.717) is 16.9 Å². The first kappa shape index (κ1) is 38.8. The van der Waals surface area contributed by atoms with Crippen LogP contribution in [0.5, 0.6) is 0 Å². The molecule has 2 heterocycles. The predicted octanol–water partition coefficient (Wildman–Crippen LogP) is 15.6. The minimum absolute atomic E-state index is 0.00446. The third-order valence-corrected chi connectivity index (χ3v) is 12.5. The molecule has 0 aliphatic rings. The van der Waals surface area contributed by atoms with Gasteiger partial charge in [-0.2, -0.15) is 18.4 Å². The molecule has 6 heteroatoms. The maximum Gasteiger partial charge on any atom is 0.417 e. The molecule has 8 aromatic carbocycles. The Morgan fingerprint density at radius 2 is 0.887 bits per heavy atom. The maximum atomic E-state index is 15.7. The second kappa shape index (κ2) is 14.4. The molecule has 0 N–H and O–H groups in total. The van der Waals surface area contributed by atoms with Crippen LogP contribution in [0.4, 0.5) is 13.2 Å². The van der Waals surface area contributed by atoms with E-state index >= 15 is 13.2 Å². The first-order valence-corrected chi connectivity index (χ1v) is 20.8. The summed E-state index contributed by atoms with van der Waals surface area (Å²) < 4.78 is 51.2. The molecule has 0 fully saturated rings. The molecule has 0 aliphatic carbocycles. The molecule has 0 radical (unpaired) electrons. The highest BCUT2D eigenvalue weighted by atomic mass is 19.4. The fourth-order valence-corrected chi connectivity index (χ4v) is 10.2. The van der Waals surface area contributed by atoms with Crippen molar-refractivity contribution in [2.75, 3.05) is 0 Å². The first-order chi connectivity index (χ1) is 29.8. The molecule has 0 amide bonds. The van der Waals surface area contributed by atoms with Gasteiger partial charge in [-0.25, -0.2) is 0 Å². The van der Waals surface area contributed by atoms with E-state index in [0.717, 1.165) is 60.3 Å². The zero-order chi connectivity index (χ0) is 43.2. The number of hydrogen-bond acceptors (Lipinski definition) is 1. The minimum atomic E-state index is -4.73. The van der Waals surface area contributed by atoms with Crippen LogP contribution >= 0.6 is 0 Å². The van der Waals surface area contributed by atoms with Gasteiger partial charge in [0.2, 0.25) is 0 Å². The summed E-state index contributed by atoms with van der Waals surface area (Å²) in [6.07, 6.45) is -4.73. The van der Waals surface area contributed by atoms with Crippen molar-refractivity contribution in [2.45, 2.75) is 47.7 Å². The molecular formula is C56H42F3N3. The molecule has 0 spiro atoms. The smallest absolute Gasteiger partial charge is 0.307 e. The average Bonchev–Trinajstić information content (AvgIpc) is 3.74. The third kappa shape index (κ3) is 6.19. The Morgan fingerprint density at radius 3 is 1.35 bits per heavy atom. The number of para-hydroxylation sites is 2. The van der Waals surface area contributed by atoms with Gasteiger partial charge in [0, 0.05) is 21.5 Å². The molecule has 0 unspecified atom stereocenters. The lowest BCUT2D eigenvalue weighted by molar-refractivity contribution is -0.137. The van der Waals surface area contributed by atoms with Gasteiger partial charge in [-0.1, -0.05) is 96.1 Å². The minimum Gasteiger partial charge on any atom is -0.307 e. The van der Waals surface area contributed by atoms with Crippen LogP contribution < -0.4 is 0 Å². The zero-order valence-electron chi connectivity index (χ0n) is 35.3. The molecule has 0 aliphatic heterocycles. The van der Waals surface area contributed by atoms with Crippen LogP contribution in [0.3, 0.4) is 0 Å². The molecule has 10 rings (SSSR count). The number of alkyl halides is 3. The number of aryl methyl sites for hydroxylation is 6. The van der Waals surface area contributed by atoms with Crippen molar-refractivity contribution >= 4 is 43.6 Å². The molecule has 0 bridgehead atoms. The molecule has 302 valence electrons. The van der Waals surface area contributed by atoms with E-state index in [1.807, 2.05) is 41.0 Å². The molecule has 62 heavy (non-hydrogen) atoms. The number of benzene rings is 8. The fraction of sp³-hybridized carbons (Fsp3) is 0.125. The Labute approximate surface area is 358 Å². The second-order valence-corrected chi connectivity index (χ2v) is 16.8. The Balaban J connectivity index is 1.34. The number of fused-ring (bicyclic) bond motifs is 6. The third-order valence-electron chi connectivity index (χ3n) is 12.5. The summed E-state index contributed by atoms with van der Waals surface area (Å²) >= 11 is 0. The van der Waals surface area contributed by atoms with E-state index < -0.39 is 11.7 Å². The average molecular weight is 814 g/mol. The van der Waals surface area contributed by atoms with Gasteiger partial charge >= 0.3 is 6.18 Å². The van der Waals surface area contributed by atoms with E-state index in [-0.39, 0.29) is 11.1 Å². The Bertz CT molecular complexity index is 3490. The normalized spacial score (nSPS) is 11.9. The van der Waals surface area contributed by atoms with Crippen LogP contribution in [0.1, 0.15) is 44.5 Å². The van der Waals surface area contributed by atoms with Gasteiger partial charge in [0.1, 0.15) is 0 Å². The maximum absolute atomic E-state index is 15.7. The quantitative estimate of drug-likeness (QED) is 0.170. The Kier molecular flexibility index (Phi) is 9.01. The van der Waals surface area contributed by atoms with Crippen molar-refractivity contribution in [3.63, 3.8) is 0 Å². The summed E-state index contributed by atoms with van der Waals surface area (Å²) in [6.45, 7) is 12.7. The molecular weight excluding hydrogens is 772 g/mol. The van der Waals surface area contributed by atoms with E-state index in [1.165, 1.54) is 51.1 Å². The Hall–Kier alpha value is -7.36. The SMILES string of the molecule is Cc1cc(C)c(-c2ccc3c(c2)c2ccccc2n3-c2cc(-c3cccc(C#N)c3)c(C(F)(F)F)cc2-n2c3ccccc3c3cc(-c4c(C)cc(C)cc4C)ccc32)c(C)c1. The van der Waals surface area contributed by atoms with E-state index in [9.17, 15) is 5.26 Å². The van der Waals surface area contributed by atoms with Crippen molar-refractivity contribution in [3.05, 3.63) is 190 Å². The van der Waals surface area contributed by atoms with Crippen LogP contribution in [0, 0.1) is 52.9 Å². The number of nitriles is 1. The van der Waals surface area contributed by atoms with Crippen molar-refractivity contribution in [1.29, 1.82) is 5.26 Å².